The maximum Gasteiger partial charge on any atom is 0.326 e. The monoisotopic (exact) mass is 299 g/mol. The van der Waals surface area contributed by atoms with E-state index in [1.807, 2.05) is 30.3 Å². The van der Waals surface area contributed by atoms with Gasteiger partial charge in [-0.25, -0.2) is 9.48 Å². The summed E-state index contributed by atoms with van der Waals surface area (Å²) in [7, 11) is 0. The fourth-order valence-electron chi connectivity index (χ4n) is 2.74. The first-order valence-corrected chi connectivity index (χ1v) is 7.31. The quantitative estimate of drug-likeness (QED) is 0.940. The van der Waals surface area contributed by atoms with Gasteiger partial charge in [0, 0.05) is 12.7 Å². The summed E-state index contributed by atoms with van der Waals surface area (Å²) < 4.78 is 1.62. The first kappa shape index (κ1) is 14.3. The van der Waals surface area contributed by atoms with E-state index in [2.05, 4.69) is 5.10 Å². The van der Waals surface area contributed by atoms with Crippen molar-refractivity contribution in [2.75, 3.05) is 6.54 Å². The minimum absolute atomic E-state index is 0.275. The molecular formula is C16H17N3O3. The van der Waals surface area contributed by atoms with Gasteiger partial charge in [-0.1, -0.05) is 18.2 Å². The fraction of sp³-hybridized carbons (Fsp3) is 0.312. The predicted octanol–water partition coefficient (Wildman–Crippen LogP) is 1.95. The molecule has 1 amide bonds. The smallest absolute Gasteiger partial charge is 0.326 e. The lowest BCUT2D eigenvalue weighted by molar-refractivity contribution is -0.143. The van der Waals surface area contributed by atoms with Crippen molar-refractivity contribution in [3.8, 4) is 5.69 Å². The number of carbonyl (C=O) groups excluding carboxylic acids is 1. The minimum Gasteiger partial charge on any atom is -0.480 e. The number of nitrogens with zero attached hydrogens (tertiary/aromatic N) is 3. The molecule has 114 valence electrons. The summed E-state index contributed by atoms with van der Waals surface area (Å²) >= 11 is 0. The molecule has 0 aliphatic carbocycles. The topological polar surface area (TPSA) is 75.4 Å². The number of likely N-dealkylation sites (tertiary alicyclic amines) is 1. The molecule has 6 nitrogen and oxygen atoms in total. The summed E-state index contributed by atoms with van der Waals surface area (Å²) in [6.45, 7) is 0.466. The summed E-state index contributed by atoms with van der Waals surface area (Å²) in [5, 5.41) is 13.6. The second kappa shape index (κ2) is 6.01. The number of carbonyl (C=O) groups is 2. The van der Waals surface area contributed by atoms with Crippen molar-refractivity contribution in [2.24, 2.45) is 0 Å². The van der Waals surface area contributed by atoms with Crippen molar-refractivity contribution in [1.82, 2.24) is 14.7 Å². The number of para-hydroxylation sites is 1. The average molecular weight is 299 g/mol. The largest absolute Gasteiger partial charge is 0.480 e. The van der Waals surface area contributed by atoms with Gasteiger partial charge in [0.15, 0.2) is 5.69 Å². The Kier molecular flexibility index (Phi) is 3.91. The number of hydrogen-bond donors (Lipinski definition) is 1. The van der Waals surface area contributed by atoms with Gasteiger partial charge < -0.3 is 10.0 Å². The Morgan fingerprint density at radius 3 is 2.64 bits per heavy atom. The summed E-state index contributed by atoms with van der Waals surface area (Å²) in [5.74, 6) is -1.27. The van der Waals surface area contributed by atoms with Crippen molar-refractivity contribution >= 4 is 11.9 Å². The second-order valence-electron chi connectivity index (χ2n) is 5.33. The highest BCUT2D eigenvalue weighted by atomic mass is 16.4. The molecule has 2 aromatic rings. The van der Waals surface area contributed by atoms with Crippen LogP contribution < -0.4 is 0 Å². The third-order valence-electron chi connectivity index (χ3n) is 3.88. The van der Waals surface area contributed by atoms with Crippen molar-refractivity contribution in [3.05, 3.63) is 48.3 Å². The number of benzene rings is 1. The van der Waals surface area contributed by atoms with Crippen LogP contribution in [0.4, 0.5) is 0 Å². The molecule has 6 heteroatoms. The van der Waals surface area contributed by atoms with E-state index < -0.39 is 12.0 Å². The maximum atomic E-state index is 12.5. The molecule has 0 bridgehead atoms. The molecule has 2 heterocycles. The van der Waals surface area contributed by atoms with Gasteiger partial charge in [0.2, 0.25) is 0 Å². The van der Waals surface area contributed by atoms with Crippen molar-refractivity contribution < 1.29 is 14.7 Å². The number of aromatic nitrogens is 2. The third kappa shape index (κ3) is 2.72. The number of aliphatic carboxylic acids is 1. The number of carboxylic acids is 1. The van der Waals surface area contributed by atoms with Crippen LogP contribution in [0.2, 0.25) is 0 Å². The Morgan fingerprint density at radius 1 is 1.14 bits per heavy atom. The molecule has 1 saturated heterocycles. The zero-order valence-electron chi connectivity index (χ0n) is 12.1. The SMILES string of the molecule is O=C(O)C1CCCCN1C(=O)c1ccn(-c2ccccc2)n1. The van der Waals surface area contributed by atoms with Gasteiger partial charge in [-0.2, -0.15) is 5.10 Å². The van der Waals surface area contributed by atoms with Gasteiger partial charge in [0.05, 0.1) is 5.69 Å². The summed E-state index contributed by atoms with van der Waals surface area (Å²) in [5.41, 5.74) is 1.13. The Bertz CT molecular complexity index is 681. The standard InChI is InChI=1S/C16H17N3O3/c20-15(18-10-5-4-8-14(18)16(21)22)13-9-11-19(17-13)12-6-2-1-3-7-12/h1-3,6-7,9,11,14H,4-5,8,10H2,(H,21,22). The zero-order chi connectivity index (χ0) is 15.5. The summed E-state index contributed by atoms with van der Waals surface area (Å²) in [4.78, 5) is 25.3. The van der Waals surface area contributed by atoms with Crippen molar-refractivity contribution in [2.45, 2.75) is 25.3 Å². The van der Waals surface area contributed by atoms with Crippen LogP contribution in [0, 0.1) is 0 Å². The predicted molar refractivity (Wildman–Crippen MR) is 79.9 cm³/mol. The first-order valence-electron chi connectivity index (χ1n) is 7.31. The number of rotatable bonds is 3. The average Bonchev–Trinajstić information content (AvgIpc) is 3.05. The van der Waals surface area contributed by atoms with Gasteiger partial charge in [-0.15, -0.1) is 0 Å². The van der Waals surface area contributed by atoms with E-state index >= 15 is 0 Å². The molecule has 1 aromatic heterocycles. The number of piperidine rings is 1. The molecule has 3 rings (SSSR count). The van der Waals surface area contributed by atoms with E-state index in [1.165, 1.54) is 4.90 Å². The molecule has 1 aliphatic rings. The highest BCUT2D eigenvalue weighted by molar-refractivity contribution is 5.95. The van der Waals surface area contributed by atoms with Gasteiger partial charge in [0.1, 0.15) is 6.04 Å². The lowest BCUT2D eigenvalue weighted by Crippen LogP contribution is -2.48. The van der Waals surface area contributed by atoms with Crippen LogP contribution >= 0.6 is 0 Å². The molecule has 0 radical (unpaired) electrons. The van der Waals surface area contributed by atoms with Crippen LogP contribution in [-0.2, 0) is 4.79 Å². The van der Waals surface area contributed by atoms with Gasteiger partial charge in [-0.3, -0.25) is 4.79 Å². The highest BCUT2D eigenvalue weighted by Gasteiger charge is 2.33. The van der Waals surface area contributed by atoms with Crippen LogP contribution in [-0.4, -0.2) is 44.3 Å². The molecule has 1 fully saturated rings. The Labute approximate surface area is 128 Å². The normalized spacial score (nSPS) is 18.2. The van der Waals surface area contributed by atoms with Crippen molar-refractivity contribution in [3.63, 3.8) is 0 Å². The molecule has 1 N–H and O–H groups in total. The molecule has 1 aromatic carbocycles. The third-order valence-corrected chi connectivity index (χ3v) is 3.88. The van der Waals surface area contributed by atoms with E-state index in [4.69, 9.17) is 0 Å². The van der Waals surface area contributed by atoms with Gasteiger partial charge in [0.25, 0.3) is 5.91 Å². The molecule has 0 spiro atoms. The molecule has 1 unspecified atom stereocenters. The Morgan fingerprint density at radius 2 is 1.91 bits per heavy atom. The van der Waals surface area contributed by atoms with Crippen molar-refractivity contribution in [1.29, 1.82) is 0 Å². The van der Waals surface area contributed by atoms with Crippen LogP contribution in [0.15, 0.2) is 42.6 Å². The zero-order valence-corrected chi connectivity index (χ0v) is 12.1. The van der Waals surface area contributed by atoms with E-state index in [0.29, 0.717) is 13.0 Å². The molecular weight excluding hydrogens is 282 g/mol. The van der Waals surface area contributed by atoms with Gasteiger partial charge >= 0.3 is 5.97 Å². The minimum atomic E-state index is -0.949. The number of carboxylic acid groups (broad SMARTS) is 1. The number of hydrogen-bond acceptors (Lipinski definition) is 3. The fourth-order valence-corrected chi connectivity index (χ4v) is 2.74. The molecule has 1 aliphatic heterocycles. The van der Waals surface area contributed by atoms with Crippen LogP contribution in [0.1, 0.15) is 29.8 Å². The lowest BCUT2D eigenvalue weighted by Gasteiger charge is -2.32. The van der Waals surface area contributed by atoms with E-state index in [-0.39, 0.29) is 11.6 Å². The van der Waals surface area contributed by atoms with E-state index in [0.717, 1.165) is 18.5 Å². The first-order chi connectivity index (χ1) is 10.7. The molecule has 1 atom stereocenters. The summed E-state index contributed by atoms with van der Waals surface area (Å²) in [6, 6.07) is 10.4. The highest BCUT2D eigenvalue weighted by Crippen LogP contribution is 2.20. The second-order valence-corrected chi connectivity index (χ2v) is 5.33. The van der Waals surface area contributed by atoms with E-state index in [1.54, 1.807) is 16.9 Å². The Hall–Kier alpha value is -2.63. The van der Waals surface area contributed by atoms with Crippen LogP contribution in [0.5, 0.6) is 0 Å². The summed E-state index contributed by atoms with van der Waals surface area (Å²) in [6.07, 6.45) is 3.87. The lowest BCUT2D eigenvalue weighted by atomic mass is 10.0. The van der Waals surface area contributed by atoms with Crippen LogP contribution in [0.3, 0.4) is 0 Å². The number of amides is 1. The van der Waals surface area contributed by atoms with Gasteiger partial charge in [-0.05, 0) is 37.5 Å². The molecule has 22 heavy (non-hydrogen) atoms. The maximum absolute atomic E-state index is 12.5. The molecule has 0 saturated carbocycles. The van der Waals surface area contributed by atoms with E-state index in [9.17, 15) is 14.7 Å². The van der Waals surface area contributed by atoms with Crippen LogP contribution in [0.25, 0.3) is 5.69 Å². The Balaban J connectivity index is 1.83.